The summed E-state index contributed by atoms with van der Waals surface area (Å²) in [6.45, 7) is 0.418. The van der Waals surface area contributed by atoms with Crippen LogP contribution in [0.1, 0.15) is 24.1 Å². The van der Waals surface area contributed by atoms with Crippen molar-refractivity contribution in [2.45, 2.75) is 25.3 Å². The van der Waals surface area contributed by atoms with E-state index in [9.17, 15) is 14.0 Å². The molecule has 1 aliphatic rings. The largest absolute Gasteiger partial charge is 0.479 e. The van der Waals surface area contributed by atoms with Gasteiger partial charge in [0.05, 0.1) is 24.9 Å². The first-order valence-corrected chi connectivity index (χ1v) is 10.9. The van der Waals surface area contributed by atoms with Crippen LogP contribution in [-0.2, 0) is 19.5 Å². The highest BCUT2D eigenvalue weighted by Crippen LogP contribution is 2.38. The van der Waals surface area contributed by atoms with Gasteiger partial charge in [-0.3, -0.25) is 9.78 Å². The molecule has 1 aliphatic heterocycles. The maximum Gasteiger partial charge on any atom is 0.289 e. The number of aromatic nitrogens is 8. The van der Waals surface area contributed by atoms with E-state index in [1.165, 1.54) is 30.3 Å². The summed E-state index contributed by atoms with van der Waals surface area (Å²) in [6.07, 6.45) is 3.02. The smallest absolute Gasteiger partial charge is 0.289 e. The zero-order chi connectivity index (χ0) is 25.0. The Bertz CT molecular complexity index is 1680. The lowest BCUT2D eigenvalue weighted by Gasteiger charge is -2.22. The Morgan fingerprint density at radius 1 is 1.25 bits per heavy atom. The SMILES string of the molecule is COc1n[nH]c2ncc(Oc3cnc4nc(Nc5cc6n(n5)CCCC6(F)F)n(C)c4c3C#N)cc12. The molecular weight excluding hydrogens is 474 g/mol. The molecule has 182 valence electrons. The highest BCUT2D eigenvalue weighted by atomic mass is 19.3. The molecule has 0 amide bonds. The molecule has 5 aromatic rings. The number of imidazole rings is 1. The molecule has 0 saturated heterocycles. The average molecular weight is 492 g/mol. The molecule has 2 N–H and O–H groups in total. The van der Waals surface area contributed by atoms with Crippen molar-refractivity contribution in [3.8, 4) is 23.4 Å². The van der Waals surface area contributed by atoms with Crippen LogP contribution in [-0.4, -0.2) is 46.6 Å². The van der Waals surface area contributed by atoms with Crippen LogP contribution in [0, 0.1) is 11.3 Å². The van der Waals surface area contributed by atoms with E-state index in [2.05, 4.69) is 41.6 Å². The molecule has 0 aromatic carbocycles. The Kier molecular flexibility index (Phi) is 4.75. The molecule has 14 heteroatoms. The van der Waals surface area contributed by atoms with Crippen LogP contribution < -0.4 is 14.8 Å². The molecule has 0 atom stereocenters. The molecule has 0 unspecified atom stereocenters. The summed E-state index contributed by atoms with van der Waals surface area (Å²) < 4.78 is 42.5. The number of aromatic amines is 1. The number of halogens is 2. The lowest BCUT2D eigenvalue weighted by molar-refractivity contribution is -0.0364. The van der Waals surface area contributed by atoms with Crippen molar-refractivity contribution in [3.05, 3.63) is 35.8 Å². The topological polar surface area (TPSA) is 144 Å². The van der Waals surface area contributed by atoms with Gasteiger partial charge in [-0.2, -0.15) is 24.1 Å². The fourth-order valence-corrected chi connectivity index (χ4v) is 4.29. The van der Waals surface area contributed by atoms with Crippen molar-refractivity contribution in [1.82, 2.24) is 39.5 Å². The zero-order valence-corrected chi connectivity index (χ0v) is 19.1. The molecular formula is C22H18F2N10O2. The van der Waals surface area contributed by atoms with Crippen LogP contribution in [0.3, 0.4) is 0 Å². The normalized spacial score (nSPS) is 14.5. The highest BCUT2D eigenvalue weighted by Gasteiger charge is 2.38. The van der Waals surface area contributed by atoms with Gasteiger partial charge in [-0.15, -0.1) is 5.10 Å². The summed E-state index contributed by atoms with van der Waals surface area (Å²) in [5, 5.41) is 24.5. The Balaban J connectivity index is 1.36. The number of methoxy groups -OCH3 is 1. The zero-order valence-electron chi connectivity index (χ0n) is 19.1. The Hall–Kier alpha value is -4.80. The first-order valence-electron chi connectivity index (χ1n) is 10.9. The molecule has 6 heterocycles. The number of rotatable bonds is 5. The Morgan fingerprint density at radius 2 is 2.11 bits per heavy atom. The maximum atomic E-state index is 14.2. The molecule has 0 radical (unpaired) electrons. The van der Waals surface area contributed by atoms with Gasteiger partial charge in [0.25, 0.3) is 5.92 Å². The molecule has 0 aliphatic carbocycles. The lowest BCUT2D eigenvalue weighted by atomic mass is 10.1. The number of alkyl halides is 2. The van der Waals surface area contributed by atoms with Crippen molar-refractivity contribution >= 4 is 34.0 Å². The number of nitrogens with one attached hydrogen (secondary N) is 2. The third kappa shape index (κ3) is 3.35. The fourth-order valence-electron chi connectivity index (χ4n) is 4.29. The third-order valence-electron chi connectivity index (χ3n) is 6.01. The lowest BCUT2D eigenvalue weighted by Crippen LogP contribution is -2.25. The van der Waals surface area contributed by atoms with E-state index in [-0.39, 0.29) is 40.8 Å². The number of fused-ring (bicyclic) bond motifs is 3. The van der Waals surface area contributed by atoms with Crippen LogP contribution in [0.5, 0.6) is 17.4 Å². The number of ether oxygens (including phenoxy) is 2. The number of pyridine rings is 2. The van der Waals surface area contributed by atoms with E-state index in [4.69, 9.17) is 9.47 Å². The molecule has 0 saturated carbocycles. The second-order valence-electron chi connectivity index (χ2n) is 8.25. The summed E-state index contributed by atoms with van der Waals surface area (Å²) in [4.78, 5) is 13.0. The van der Waals surface area contributed by atoms with E-state index < -0.39 is 5.92 Å². The molecule has 36 heavy (non-hydrogen) atoms. The summed E-state index contributed by atoms with van der Waals surface area (Å²) >= 11 is 0. The molecule has 12 nitrogen and oxygen atoms in total. The van der Waals surface area contributed by atoms with E-state index in [1.807, 2.05) is 0 Å². The van der Waals surface area contributed by atoms with Crippen molar-refractivity contribution in [2.24, 2.45) is 7.05 Å². The number of nitrogens with zero attached hydrogens (tertiary/aromatic N) is 8. The Labute approximate surface area is 201 Å². The standard InChI is InChI=1S/C22H18F2N10O2/c1-33-17-13(8-25)14(36-11-6-12-18(26-9-11)30-31-20(12)35-2)10-27-19(17)29-21(33)28-16-7-15-22(23,24)4-3-5-34(15)32-16/h6-7,9-10H,3-5H2,1-2H3,(H,26,30,31)(H,27,28,29,32). The number of hydrogen-bond acceptors (Lipinski definition) is 9. The first-order chi connectivity index (χ1) is 17.4. The number of H-pyrrole nitrogens is 1. The van der Waals surface area contributed by atoms with Crippen LogP contribution in [0.4, 0.5) is 20.5 Å². The van der Waals surface area contributed by atoms with Crippen molar-refractivity contribution in [2.75, 3.05) is 12.4 Å². The summed E-state index contributed by atoms with van der Waals surface area (Å²) in [5.74, 6) is -1.51. The van der Waals surface area contributed by atoms with E-state index in [1.54, 1.807) is 17.7 Å². The van der Waals surface area contributed by atoms with Gasteiger partial charge in [0.15, 0.2) is 22.9 Å². The van der Waals surface area contributed by atoms with E-state index >= 15 is 0 Å². The van der Waals surface area contributed by atoms with Crippen molar-refractivity contribution < 1.29 is 18.3 Å². The average Bonchev–Trinajstić information content (AvgIpc) is 3.55. The second kappa shape index (κ2) is 7.87. The molecule has 0 fully saturated rings. The van der Waals surface area contributed by atoms with Crippen molar-refractivity contribution in [3.63, 3.8) is 0 Å². The molecule has 0 bridgehead atoms. The molecule has 5 aromatic heterocycles. The molecule has 0 spiro atoms. The monoisotopic (exact) mass is 492 g/mol. The van der Waals surface area contributed by atoms with Gasteiger partial charge in [-0.1, -0.05) is 0 Å². The summed E-state index contributed by atoms with van der Waals surface area (Å²) in [5.41, 5.74) is 1.26. The Morgan fingerprint density at radius 3 is 2.89 bits per heavy atom. The fraction of sp³-hybridized carbons (Fsp3) is 0.273. The van der Waals surface area contributed by atoms with Gasteiger partial charge < -0.3 is 19.4 Å². The minimum absolute atomic E-state index is 0.138. The van der Waals surface area contributed by atoms with Gasteiger partial charge in [-0.25, -0.2) is 9.97 Å². The minimum atomic E-state index is -2.93. The number of aryl methyl sites for hydroxylation is 2. The first kappa shape index (κ1) is 21.7. The second-order valence-corrected chi connectivity index (χ2v) is 8.25. The van der Waals surface area contributed by atoms with Crippen LogP contribution in [0.15, 0.2) is 24.5 Å². The van der Waals surface area contributed by atoms with Gasteiger partial charge in [0, 0.05) is 26.1 Å². The summed E-state index contributed by atoms with van der Waals surface area (Å²) in [6, 6.07) is 5.15. The van der Waals surface area contributed by atoms with Gasteiger partial charge in [-0.05, 0) is 12.5 Å². The number of hydrogen-bond donors (Lipinski definition) is 2. The van der Waals surface area contributed by atoms with Crippen molar-refractivity contribution in [1.29, 1.82) is 5.26 Å². The predicted octanol–water partition coefficient (Wildman–Crippen LogP) is 3.74. The van der Waals surface area contributed by atoms with Gasteiger partial charge in [0.1, 0.15) is 28.6 Å². The number of nitriles is 1. The van der Waals surface area contributed by atoms with Gasteiger partial charge in [0.2, 0.25) is 11.8 Å². The van der Waals surface area contributed by atoms with Crippen LogP contribution in [0.25, 0.3) is 22.2 Å². The maximum absolute atomic E-state index is 14.2. The van der Waals surface area contributed by atoms with E-state index in [0.29, 0.717) is 41.1 Å². The quantitative estimate of drug-likeness (QED) is 0.375. The summed E-state index contributed by atoms with van der Waals surface area (Å²) in [7, 11) is 3.17. The van der Waals surface area contributed by atoms with E-state index in [0.717, 1.165) is 0 Å². The predicted molar refractivity (Wildman–Crippen MR) is 122 cm³/mol. The highest BCUT2D eigenvalue weighted by molar-refractivity contribution is 5.85. The molecule has 6 rings (SSSR count). The van der Waals surface area contributed by atoms with Crippen LogP contribution in [0.2, 0.25) is 0 Å². The van der Waals surface area contributed by atoms with Gasteiger partial charge >= 0.3 is 0 Å². The minimum Gasteiger partial charge on any atom is -0.479 e. The number of anilines is 2. The third-order valence-corrected chi connectivity index (χ3v) is 6.01. The van der Waals surface area contributed by atoms with Crippen LogP contribution >= 0.6 is 0 Å².